The van der Waals surface area contributed by atoms with E-state index in [0.29, 0.717) is 39.8 Å². The van der Waals surface area contributed by atoms with E-state index in [0.717, 1.165) is 50.1 Å². The average molecular weight is 624 g/mol. The van der Waals surface area contributed by atoms with Crippen LogP contribution in [0.2, 0.25) is 0 Å². The van der Waals surface area contributed by atoms with Crippen LogP contribution in [0.3, 0.4) is 0 Å². The van der Waals surface area contributed by atoms with Crippen LogP contribution >= 0.6 is 11.3 Å². The SMILES string of the molecule is CCC(CC)NC(=O)Nc1ccc(Oc2cnc(N(C)C(=O)c3ccc(OC4CCN(C(C)C)CC4)cc3)s2)c(COC)c1. The third kappa shape index (κ3) is 8.93. The third-order valence-corrected chi connectivity index (χ3v) is 8.78. The highest BCUT2D eigenvalue weighted by Crippen LogP contribution is 2.35. The second-order valence-corrected chi connectivity index (χ2v) is 12.2. The Balaban J connectivity index is 1.35. The van der Waals surface area contributed by atoms with Crippen LogP contribution < -0.4 is 25.0 Å². The molecule has 2 N–H and O–H groups in total. The number of hydrogen-bond acceptors (Lipinski definition) is 8. The molecule has 0 saturated carbocycles. The summed E-state index contributed by atoms with van der Waals surface area (Å²) < 4.78 is 17.7. The molecular weight excluding hydrogens is 578 g/mol. The van der Waals surface area contributed by atoms with Gasteiger partial charge in [-0.25, -0.2) is 9.78 Å². The number of carbonyl (C=O) groups excluding carboxylic acids is 2. The monoisotopic (exact) mass is 623 g/mol. The first-order chi connectivity index (χ1) is 21.2. The molecule has 0 aliphatic carbocycles. The van der Waals surface area contributed by atoms with E-state index >= 15 is 0 Å². The number of nitrogens with one attached hydrogen (secondary N) is 2. The molecular formula is C33H45N5O5S. The molecule has 1 aliphatic rings. The van der Waals surface area contributed by atoms with Crippen LogP contribution in [0.1, 0.15) is 69.3 Å². The van der Waals surface area contributed by atoms with E-state index in [-0.39, 0.29) is 24.1 Å². The Morgan fingerprint density at radius 3 is 2.43 bits per heavy atom. The lowest BCUT2D eigenvalue weighted by Crippen LogP contribution is -2.41. The van der Waals surface area contributed by atoms with Crippen LogP contribution in [0.4, 0.5) is 15.6 Å². The Kier molecular flexibility index (Phi) is 12.0. The van der Waals surface area contributed by atoms with Crippen LogP contribution in [0, 0.1) is 0 Å². The normalized spacial score (nSPS) is 14.1. The Morgan fingerprint density at radius 2 is 1.80 bits per heavy atom. The maximum atomic E-state index is 13.2. The number of benzene rings is 2. The Morgan fingerprint density at radius 1 is 1.09 bits per heavy atom. The predicted octanol–water partition coefficient (Wildman–Crippen LogP) is 6.92. The average Bonchev–Trinajstić information content (AvgIpc) is 3.49. The predicted molar refractivity (Wildman–Crippen MR) is 175 cm³/mol. The smallest absolute Gasteiger partial charge is 0.319 e. The number of anilines is 2. The van der Waals surface area contributed by atoms with Crippen molar-refractivity contribution in [1.82, 2.24) is 15.2 Å². The highest BCUT2D eigenvalue weighted by atomic mass is 32.1. The second-order valence-electron chi connectivity index (χ2n) is 11.3. The fraction of sp³-hybridized carbons (Fsp3) is 0.485. The van der Waals surface area contributed by atoms with E-state index in [9.17, 15) is 9.59 Å². The van der Waals surface area contributed by atoms with Crippen LogP contribution in [0.25, 0.3) is 0 Å². The van der Waals surface area contributed by atoms with Crippen molar-refractivity contribution in [1.29, 1.82) is 0 Å². The molecule has 2 aromatic carbocycles. The number of likely N-dealkylation sites (tertiary alicyclic amines) is 1. The van der Waals surface area contributed by atoms with Crippen molar-refractivity contribution in [3.63, 3.8) is 0 Å². The van der Waals surface area contributed by atoms with Crippen LogP contribution in [-0.4, -0.2) is 67.3 Å². The first-order valence-corrected chi connectivity index (χ1v) is 16.1. The van der Waals surface area contributed by atoms with E-state index in [1.165, 1.54) is 16.2 Å². The van der Waals surface area contributed by atoms with Gasteiger partial charge in [-0.3, -0.25) is 9.69 Å². The van der Waals surface area contributed by atoms with Crippen LogP contribution in [-0.2, 0) is 11.3 Å². The molecule has 1 aliphatic heterocycles. The molecule has 2 heterocycles. The molecule has 4 rings (SSSR count). The molecule has 10 nitrogen and oxygen atoms in total. The summed E-state index contributed by atoms with van der Waals surface area (Å²) in [7, 11) is 3.30. The summed E-state index contributed by atoms with van der Waals surface area (Å²) in [6.45, 7) is 10.9. The molecule has 0 bridgehead atoms. The van der Waals surface area contributed by atoms with Gasteiger partial charge in [-0.15, -0.1) is 0 Å². The molecule has 1 fully saturated rings. The number of amides is 3. The second kappa shape index (κ2) is 15.9. The van der Waals surface area contributed by atoms with Crippen LogP contribution in [0.5, 0.6) is 16.6 Å². The lowest BCUT2D eigenvalue weighted by atomic mass is 10.1. The van der Waals surface area contributed by atoms with E-state index in [4.69, 9.17) is 14.2 Å². The summed E-state index contributed by atoms with van der Waals surface area (Å²) in [5, 5.41) is 6.88. The summed E-state index contributed by atoms with van der Waals surface area (Å²) in [6, 6.07) is 13.1. The largest absolute Gasteiger partial charge is 0.490 e. The van der Waals surface area contributed by atoms with E-state index in [1.54, 1.807) is 44.6 Å². The number of hydrogen-bond donors (Lipinski definition) is 2. The number of carbonyl (C=O) groups is 2. The van der Waals surface area contributed by atoms with Gasteiger partial charge in [0.05, 0.1) is 12.8 Å². The fourth-order valence-electron chi connectivity index (χ4n) is 5.09. The van der Waals surface area contributed by atoms with Gasteiger partial charge < -0.3 is 29.7 Å². The highest BCUT2D eigenvalue weighted by molar-refractivity contribution is 7.17. The summed E-state index contributed by atoms with van der Waals surface area (Å²) in [5.74, 6) is 1.18. The van der Waals surface area contributed by atoms with Gasteiger partial charge in [-0.1, -0.05) is 25.2 Å². The highest BCUT2D eigenvalue weighted by Gasteiger charge is 2.23. The van der Waals surface area contributed by atoms with E-state index in [2.05, 4.69) is 34.4 Å². The van der Waals surface area contributed by atoms with Crippen molar-refractivity contribution in [2.24, 2.45) is 0 Å². The maximum absolute atomic E-state index is 13.2. The van der Waals surface area contributed by atoms with Gasteiger partial charge in [0.25, 0.3) is 5.91 Å². The van der Waals surface area contributed by atoms with Crippen molar-refractivity contribution in [2.45, 2.75) is 78.2 Å². The van der Waals surface area contributed by atoms with Crippen molar-refractivity contribution in [2.75, 3.05) is 37.5 Å². The molecule has 3 aromatic rings. The topological polar surface area (TPSA) is 105 Å². The fourth-order valence-corrected chi connectivity index (χ4v) is 5.83. The van der Waals surface area contributed by atoms with Gasteiger partial charge in [0.1, 0.15) is 17.6 Å². The van der Waals surface area contributed by atoms with Crippen molar-refractivity contribution >= 4 is 34.1 Å². The minimum absolute atomic E-state index is 0.123. The van der Waals surface area contributed by atoms with Gasteiger partial charge in [-0.05, 0) is 82.0 Å². The number of thiazole rings is 1. The minimum atomic E-state index is -0.250. The molecule has 3 amide bonds. The van der Waals surface area contributed by atoms with Crippen molar-refractivity contribution in [3.8, 4) is 16.6 Å². The number of piperidine rings is 1. The quantitative estimate of drug-likeness (QED) is 0.213. The maximum Gasteiger partial charge on any atom is 0.319 e. The van der Waals surface area contributed by atoms with Crippen molar-refractivity contribution in [3.05, 3.63) is 59.8 Å². The molecule has 1 aromatic heterocycles. The molecule has 0 atom stereocenters. The summed E-state index contributed by atoms with van der Waals surface area (Å²) in [5.41, 5.74) is 1.95. The number of urea groups is 1. The number of rotatable bonds is 13. The third-order valence-electron chi connectivity index (χ3n) is 7.82. The Labute approximate surface area is 264 Å². The Bertz CT molecular complexity index is 1370. The molecule has 1 saturated heterocycles. The molecule has 44 heavy (non-hydrogen) atoms. The zero-order valence-corrected chi connectivity index (χ0v) is 27.4. The Hall–Kier alpha value is -3.67. The summed E-state index contributed by atoms with van der Waals surface area (Å²) in [4.78, 5) is 34.0. The van der Waals surface area contributed by atoms with Gasteiger partial charge in [0, 0.05) is 56.1 Å². The number of aromatic nitrogens is 1. The zero-order chi connectivity index (χ0) is 31.6. The number of methoxy groups -OCH3 is 1. The van der Waals surface area contributed by atoms with Crippen LogP contribution in [0.15, 0.2) is 48.7 Å². The van der Waals surface area contributed by atoms with E-state index < -0.39 is 0 Å². The first-order valence-electron chi connectivity index (χ1n) is 15.3. The minimum Gasteiger partial charge on any atom is -0.490 e. The number of nitrogens with zero attached hydrogens (tertiary/aromatic N) is 3. The van der Waals surface area contributed by atoms with Gasteiger partial charge in [0.15, 0.2) is 5.13 Å². The van der Waals surface area contributed by atoms with Gasteiger partial charge >= 0.3 is 6.03 Å². The summed E-state index contributed by atoms with van der Waals surface area (Å²) >= 11 is 1.26. The molecule has 0 unspecified atom stereocenters. The number of ether oxygens (including phenoxy) is 3. The molecule has 0 spiro atoms. The standard InChI is InChI=1S/C33H45N5O5S/c1-7-25(8-2)35-32(40)36-26-11-14-29(24(19-26)21-41-6)43-30-20-34-33(44-30)37(5)31(39)23-9-12-27(13-10-23)42-28-15-17-38(18-16-28)22(3)4/h9-14,19-20,22,25,28H,7-8,15-18,21H2,1-6H3,(H2,35,36,40). The molecule has 0 radical (unpaired) electrons. The van der Waals surface area contributed by atoms with Gasteiger partial charge in [0.2, 0.25) is 5.06 Å². The lowest BCUT2D eigenvalue weighted by Gasteiger charge is -2.34. The molecule has 11 heteroatoms. The lowest BCUT2D eigenvalue weighted by molar-refractivity contribution is 0.0843. The van der Waals surface area contributed by atoms with E-state index in [1.807, 2.05) is 32.0 Å². The first kappa shape index (κ1) is 33.2. The van der Waals surface area contributed by atoms with Crippen molar-refractivity contribution < 1.29 is 23.8 Å². The molecule has 238 valence electrons. The van der Waals surface area contributed by atoms with Gasteiger partial charge in [-0.2, -0.15) is 0 Å². The zero-order valence-electron chi connectivity index (χ0n) is 26.6. The summed E-state index contributed by atoms with van der Waals surface area (Å²) in [6.07, 6.45) is 5.51.